The molecule has 2 aliphatic rings. The maximum absolute atomic E-state index is 12.1. The molecule has 1 N–H and O–H groups in total. The average molecular weight is 303 g/mol. The topological polar surface area (TPSA) is 88.6 Å². The lowest BCUT2D eigenvalue weighted by Crippen LogP contribution is -2.36. The van der Waals surface area contributed by atoms with E-state index in [1.165, 1.54) is 6.20 Å². The summed E-state index contributed by atoms with van der Waals surface area (Å²) in [4.78, 5) is 41.0. The minimum atomic E-state index is -0.437. The van der Waals surface area contributed by atoms with Crippen LogP contribution in [0.2, 0.25) is 0 Å². The lowest BCUT2D eigenvalue weighted by Gasteiger charge is -2.14. The number of fused-ring (bicyclic) bond motifs is 1. The number of nitrogens with one attached hydrogen (secondary N) is 1. The van der Waals surface area contributed by atoms with Crippen molar-refractivity contribution in [3.63, 3.8) is 0 Å². The van der Waals surface area contributed by atoms with Gasteiger partial charge >= 0.3 is 0 Å². The highest BCUT2D eigenvalue weighted by Gasteiger charge is 2.36. The van der Waals surface area contributed by atoms with Crippen LogP contribution < -0.4 is 5.32 Å². The average Bonchev–Trinajstić information content (AvgIpc) is 3.13. The second-order valence-corrected chi connectivity index (χ2v) is 5.35. The molecule has 0 aromatic carbocycles. The Morgan fingerprint density at radius 1 is 1.41 bits per heavy atom. The van der Waals surface area contributed by atoms with Crippen molar-refractivity contribution in [2.75, 3.05) is 19.7 Å². The van der Waals surface area contributed by atoms with Crippen molar-refractivity contribution in [1.29, 1.82) is 0 Å². The fraction of sp³-hybridized carbons (Fsp3) is 0.467. The lowest BCUT2D eigenvalue weighted by atomic mass is 10.2. The normalized spacial score (nSPS) is 20.4. The minimum Gasteiger partial charge on any atom is -0.376 e. The summed E-state index contributed by atoms with van der Waals surface area (Å²) in [7, 11) is 0. The molecule has 7 nitrogen and oxygen atoms in total. The zero-order valence-corrected chi connectivity index (χ0v) is 12.1. The molecule has 3 amide bonds. The van der Waals surface area contributed by atoms with Gasteiger partial charge in [0.25, 0.3) is 11.8 Å². The predicted octanol–water partition coefficient (Wildman–Crippen LogP) is 0.363. The minimum absolute atomic E-state index is 0.0609. The van der Waals surface area contributed by atoms with Crippen molar-refractivity contribution in [2.24, 2.45) is 0 Å². The van der Waals surface area contributed by atoms with E-state index in [0.717, 1.165) is 24.3 Å². The van der Waals surface area contributed by atoms with Crippen molar-refractivity contribution in [1.82, 2.24) is 15.2 Å². The number of rotatable bonds is 5. The molecule has 0 radical (unpaired) electrons. The van der Waals surface area contributed by atoms with Gasteiger partial charge in [0.1, 0.15) is 5.69 Å². The Hall–Kier alpha value is -2.28. The molecule has 0 aliphatic carbocycles. The van der Waals surface area contributed by atoms with E-state index in [1.54, 1.807) is 12.1 Å². The van der Waals surface area contributed by atoms with Crippen LogP contribution in [0.15, 0.2) is 18.3 Å². The third-order valence-corrected chi connectivity index (χ3v) is 3.84. The van der Waals surface area contributed by atoms with Gasteiger partial charge < -0.3 is 10.1 Å². The number of hydrogen-bond acceptors (Lipinski definition) is 5. The van der Waals surface area contributed by atoms with E-state index in [1.807, 2.05) is 0 Å². The monoisotopic (exact) mass is 303 g/mol. The molecule has 116 valence electrons. The highest BCUT2D eigenvalue weighted by atomic mass is 16.5. The standard InChI is InChI=1S/C15H17N3O4/c19-12(17-9-10-3-2-8-22-10)5-7-18-14(20)11-4-1-6-16-13(11)15(18)21/h1,4,6,10H,2-3,5,7-9H2,(H,17,19). The number of carbonyl (C=O) groups is 3. The SMILES string of the molecule is O=C(CCN1C(=O)c2cccnc2C1=O)NCC1CCCO1. The highest BCUT2D eigenvalue weighted by Crippen LogP contribution is 2.20. The Morgan fingerprint density at radius 3 is 3.00 bits per heavy atom. The van der Waals surface area contributed by atoms with Crippen LogP contribution in [0, 0.1) is 0 Å². The van der Waals surface area contributed by atoms with Crippen LogP contribution in [-0.2, 0) is 9.53 Å². The molecule has 7 heteroatoms. The molecule has 1 fully saturated rings. The molecule has 0 saturated carbocycles. The predicted molar refractivity (Wildman–Crippen MR) is 76.2 cm³/mol. The molecule has 1 aromatic rings. The van der Waals surface area contributed by atoms with Gasteiger partial charge in [0.2, 0.25) is 5.91 Å². The van der Waals surface area contributed by atoms with Crippen molar-refractivity contribution < 1.29 is 19.1 Å². The zero-order valence-electron chi connectivity index (χ0n) is 12.1. The molecule has 1 atom stereocenters. The van der Waals surface area contributed by atoms with Crippen LogP contribution in [0.25, 0.3) is 0 Å². The van der Waals surface area contributed by atoms with Crippen molar-refractivity contribution in [3.8, 4) is 0 Å². The van der Waals surface area contributed by atoms with Gasteiger partial charge in [0, 0.05) is 32.3 Å². The molecule has 1 saturated heterocycles. The Labute approximate surface area is 127 Å². The van der Waals surface area contributed by atoms with Gasteiger partial charge in [-0.2, -0.15) is 0 Å². The van der Waals surface area contributed by atoms with Crippen LogP contribution >= 0.6 is 0 Å². The fourth-order valence-electron chi connectivity index (χ4n) is 2.65. The molecule has 3 rings (SSSR count). The smallest absolute Gasteiger partial charge is 0.280 e. The van der Waals surface area contributed by atoms with Gasteiger partial charge in [0.05, 0.1) is 11.7 Å². The van der Waals surface area contributed by atoms with Crippen LogP contribution in [0.3, 0.4) is 0 Å². The quantitative estimate of drug-likeness (QED) is 0.794. The number of nitrogens with zero attached hydrogens (tertiary/aromatic N) is 2. The molecule has 2 aliphatic heterocycles. The van der Waals surface area contributed by atoms with Crippen LogP contribution in [0.5, 0.6) is 0 Å². The van der Waals surface area contributed by atoms with Gasteiger partial charge in [-0.05, 0) is 25.0 Å². The maximum Gasteiger partial charge on any atom is 0.280 e. The first-order valence-corrected chi connectivity index (χ1v) is 7.36. The van der Waals surface area contributed by atoms with E-state index in [0.29, 0.717) is 12.1 Å². The van der Waals surface area contributed by atoms with E-state index in [4.69, 9.17) is 4.74 Å². The number of ether oxygens (including phenoxy) is 1. The molecular formula is C15H17N3O4. The first kappa shape index (κ1) is 14.6. The number of amides is 3. The van der Waals surface area contributed by atoms with E-state index < -0.39 is 5.91 Å². The summed E-state index contributed by atoms with van der Waals surface area (Å²) in [5.41, 5.74) is 0.458. The second kappa shape index (κ2) is 6.23. The first-order chi connectivity index (χ1) is 10.7. The summed E-state index contributed by atoms with van der Waals surface area (Å²) in [6.07, 6.45) is 3.60. The molecular weight excluding hydrogens is 286 g/mol. The van der Waals surface area contributed by atoms with Crippen molar-refractivity contribution in [3.05, 3.63) is 29.6 Å². The highest BCUT2D eigenvalue weighted by molar-refractivity contribution is 6.20. The Morgan fingerprint density at radius 2 is 2.27 bits per heavy atom. The van der Waals surface area contributed by atoms with Crippen molar-refractivity contribution >= 4 is 17.7 Å². The fourth-order valence-corrected chi connectivity index (χ4v) is 2.65. The third kappa shape index (κ3) is 2.85. The van der Waals surface area contributed by atoms with Crippen LogP contribution in [0.1, 0.15) is 40.1 Å². The number of carbonyl (C=O) groups excluding carboxylic acids is 3. The van der Waals surface area contributed by atoms with Gasteiger partial charge in [-0.15, -0.1) is 0 Å². The van der Waals surface area contributed by atoms with Crippen LogP contribution in [-0.4, -0.2) is 53.4 Å². The van der Waals surface area contributed by atoms with Gasteiger partial charge in [-0.3, -0.25) is 24.3 Å². The summed E-state index contributed by atoms with van der Waals surface area (Å²) in [6.45, 7) is 1.27. The molecule has 1 aromatic heterocycles. The zero-order chi connectivity index (χ0) is 15.5. The van der Waals surface area contributed by atoms with Gasteiger partial charge in [-0.1, -0.05) is 0 Å². The van der Waals surface area contributed by atoms with E-state index in [-0.39, 0.29) is 36.6 Å². The molecule has 22 heavy (non-hydrogen) atoms. The van der Waals surface area contributed by atoms with E-state index in [9.17, 15) is 14.4 Å². The third-order valence-electron chi connectivity index (χ3n) is 3.84. The summed E-state index contributed by atoms with van der Waals surface area (Å²) < 4.78 is 5.42. The number of hydrogen-bond donors (Lipinski definition) is 1. The number of imide groups is 1. The Kier molecular flexibility index (Phi) is 4.15. The summed E-state index contributed by atoms with van der Waals surface area (Å²) >= 11 is 0. The first-order valence-electron chi connectivity index (χ1n) is 7.36. The van der Waals surface area contributed by atoms with Gasteiger partial charge in [0.15, 0.2) is 0 Å². The number of pyridine rings is 1. The summed E-state index contributed by atoms with van der Waals surface area (Å²) in [6, 6.07) is 3.18. The van der Waals surface area contributed by atoms with E-state index in [2.05, 4.69) is 10.3 Å². The van der Waals surface area contributed by atoms with Crippen molar-refractivity contribution in [2.45, 2.75) is 25.4 Å². The Balaban J connectivity index is 1.50. The molecule has 1 unspecified atom stereocenters. The largest absolute Gasteiger partial charge is 0.376 e. The van der Waals surface area contributed by atoms with E-state index >= 15 is 0 Å². The summed E-state index contributed by atoms with van der Waals surface area (Å²) in [5.74, 6) is -1.02. The maximum atomic E-state index is 12.1. The van der Waals surface area contributed by atoms with Crippen LogP contribution in [0.4, 0.5) is 0 Å². The molecule has 0 spiro atoms. The lowest BCUT2D eigenvalue weighted by molar-refractivity contribution is -0.121. The second-order valence-electron chi connectivity index (χ2n) is 5.35. The van der Waals surface area contributed by atoms with Gasteiger partial charge in [-0.25, -0.2) is 0 Å². The molecule has 3 heterocycles. The Bertz CT molecular complexity index is 576. The molecule has 0 bridgehead atoms. The number of aromatic nitrogens is 1. The summed E-state index contributed by atoms with van der Waals surface area (Å²) in [5, 5.41) is 2.77.